The van der Waals surface area contributed by atoms with Gasteiger partial charge in [-0.2, -0.15) is 0 Å². The lowest BCUT2D eigenvalue weighted by molar-refractivity contribution is 0.252. The predicted molar refractivity (Wildman–Crippen MR) is 102 cm³/mol. The standard InChI is InChI=1S/C20H27N3O/c1-16(2)18-12-7-8-13-19(18)22-20(24)21-14-9-15-23(3)17-10-5-4-6-11-17/h4-8,10-13,16H,9,14-15H2,1-3H3,(H2,21,22,24). The van der Waals surface area contributed by atoms with Gasteiger partial charge in [0.15, 0.2) is 0 Å². The van der Waals surface area contributed by atoms with Crippen LogP contribution in [0.4, 0.5) is 16.2 Å². The van der Waals surface area contributed by atoms with Crippen molar-refractivity contribution in [2.75, 3.05) is 30.4 Å². The van der Waals surface area contributed by atoms with Gasteiger partial charge in [-0.25, -0.2) is 4.79 Å². The normalized spacial score (nSPS) is 10.5. The quantitative estimate of drug-likeness (QED) is 0.738. The van der Waals surface area contributed by atoms with Gasteiger partial charge in [-0.1, -0.05) is 50.2 Å². The average Bonchev–Trinajstić information content (AvgIpc) is 2.59. The molecule has 4 nitrogen and oxygen atoms in total. The molecule has 0 radical (unpaired) electrons. The molecular formula is C20H27N3O. The summed E-state index contributed by atoms with van der Waals surface area (Å²) >= 11 is 0. The Bertz CT molecular complexity index is 640. The minimum absolute atomic E-state index is 0.148. The van der Waals surface area contributed by atoms with E-state index in [9.17, 15) is 4.79 Å². The van der Waals surface area contributed by atoms with Gasteiger partial charge in [-0.05, 0) is 36.1 Å². The molecule has 0 aliphatic heterocycles. The van der Waals surface area contributed by atoms with Crippen molar-refractivity contribution in [2.24, 2.45) is 0 Å². The lowest BCUT2D eigenvalue weighted by atomic mass is 10.0. The molecule has 0 atom stereocenters. The lowest BCUT2D eigenvalue weighted by Crippen LogP contribution is -2.32. The topological polar surface area (TPSA) is 44.4 Å². The molecule has 0 saturated heterocycles. The summed E-state index contributed by atoms with van der Waals surface area (Å²) in [5.41, 5.74) is 3.22. The van der Waals surface area contributed by atoms with Gasteiger partial charge in [0.25, 0.3) is 0 Å². The number of hydrogen-bond acceptors (Lipinski definition) is 2. The summed E-state index contributed by atoms with van der Waals surface area (Å²) in [4.78, 5) is 14.3. The van der Waals surface area contributed by atoms with Crippen LogP contribution in [0.1, 0.15) is 31.7 Å². The Morgan fingerprint density at radius 3 is 2.42 bits per heavy atom. The highest BCUT2D eigenvalue weighted by atomic mass is 16.2. The molecule has 2 amide bonds. The van der Waals surface area contributed by atoms with E-state index in [0.717, 1.165) is 24.2 Å². The van der Waals surface area contributed by atoms with Crippen LogP contribution in [0, 0.1) is 0 Å². The number of carbonyl (C=O) groups is 1. The van der Waals surface area contributed by atoms with Crippen molar-refractivity contribution in [2.45, 2.75) is 26.2 Å². The largest absolute Gasteiger partial charge is 0.375 e. The average molecular weight is 325 g/mol. The summed E-state index contributed by atoms with van der Waals surface area (Å²) < 4.78 is 0. The molecule has 0 bridgehead atoms. The number of urea groups is 1. The molecule has 0 fully saturated rings. The summed E-state index contributed by atoms with van der Waals surface area (Å²) in [6.07, 6.45) is 0.893. The van der Waals surface area contributed by atoms with Gasteiger partial charge < -0.3 is 15.5 Å². The Labute approximate surface area is 144 Å². The molecule has 0 aliphatic carbocycles. The number of rotatable bonds is 7. The van der Waals surface area contributed by atoms with Crippen molar-refractivity contribution in [3.8, 4) is 0 Å². The molecular weight excluding hydrogens is 298 g/mol. The van der Waals surface area contributed by atoms with Gasteiger partial charge >= 0.3 is 6.03 Å². The number of anilines is 2. The molecule has 2 rings (SSSR count). The summed E-state index contributed by atoms with van der Waals surface area (Å²) in [5.74, 6) is 0.376. The fraction of sp³-hybridized carbons (Fsp3) is 0.350. The first-order valence-electron chi connectivity index (χ1n) is 8.48. The third kappa shape index (κ3) is 5.30. The molecule has 0 heterocycles. The van der Waals surface area contributed by atoms with Gasteiger partial charge in [0.2, 0.25) is 0 Å². The van der Waals surface area contributed by atoms with Crippen LogP contribution in [0.2, 0.25) is 0 Å². The Morgan fingerprint density at radius 2 is 1.71 bits per heavy atom. The maximum absolute atomic E-state index is 12.1. The molecule has 0 unspecified atom stereocenters. The Balaban J connectivity index is 1.74. The van der Waals surface area contributed by atoms with Crippen LogP contribution >= 0.6 is 0 Å². The lowest BCUT2D eigenvalue weighted by Gasteiger charge is -2.19. The van der Waals surface area contributed by atoms with E-state index in [1.54, 1.807) is 0 Å². The number of nitrogens with zero attached hydrogens (tertiary/aromatic N) is 1. The monoisotopic (exact) mass is 325 g/mol. The summed E-state index contributed by atoms with van der Waals surface area (Å²) in [7, 11) is 2.06. The number of hydrogen-bond donors (Lipinski definition) is 2. The fourth-order valence-corrected chi connectivity index (χ4v) is 2.61. The predicted octanol–water partition coefficient (Wildman–Crippen LogP) is 4.46. The minimum atomic E-state index is -0.148. The second-order valence-electron chi connectivity index (χ2n) is 6.23. The molecule has 2 aromatic carbocycles. The Kier molecular flexibility index (Phi) is 6.67. The number of benzene rings is 2. The number of amides is 2. The molecule has 0 spiro atoms. The smallest absolute Gasteiger partial charge is 0.319 e. The zero-order chi connectivity index (χ0) is 17.4. The number of carbonyl (C=O) groups excluding carboxylic acids is 1. The SMILES string of the molecule is CC(C)c1ccccc1NC(=O)NCCCN(C)c1ccccc1. The van der Waals surface area contributed by atoms with Crippen LogP contribution in [-0.4, -0.2) is 26.2 Å². The van der Waals surface area contributed by atoms with Crippen molar-refractivity contribution < 1.29 is 4.79 Å². The molecule has 0 saturated carbocycles. The minimum Gasteiger partial charge on any atom is -0.375 e. The third-order valence-corrected chi connectivity index (χ3v) is 3.98. The van der Waals surface area contributed by atoms with Crippen molar-refractivity contribution in [3.63, 3.8) is 0 Å². The molecule has 24 heavy (non-hydrogen) atoms. The Hall–Kier alpha value is -2.49. The van der Waals surface area contributed by atoms with E-state index in [4.69, 9.17) is 0 Å². The molecule has 0 aliphatic rings. The van der Waals surface area contributed by atoms with Gasteiger partial charge in [-0.3, -0.25) is 0 Å². The van der Waals surface area contributed by atoms with Crippen LogP contribution in [0.15, 0.2) is 54.6 Å². The van der Waals surface area contributed by atoms with Crippen LogP contribution in [0.5, 0.6) is 0 Å². The first kappa shape index (κ1) is 17.9. The van der Waals surface area contributed by atoms with Gasteiger partial charge in [-0.15, -0.1) is 0 Å². The van der Waals surface area contributed by atoms with Gasteiger partial charge in [0, 0.05) is 31.5 Å². The van der Waals surface area contributed by atoms with Crippen LogP contribution in [0.25, 0.3) is 0 Å². The maximum Gasteiger partial charge on any atom is 0.319 e. The van der Waals surface area contributed by atoms with Crippen molar-refractivity contribution >= 4 is 17.4 Å². The molecule has 128 valence electrons. The first-order valence-corrected chi connectivity index (χ1v) is 8.48. The summed E-state index contributed by atoms with van der Waals surface area (Å²) in [5, 5.41) is 5.88. The highest BCUT2D eigenvalue weighted by Crippen LogP contribution is 2.23. The highest BCUT2D eigenvalue weighted by Gasteiger charge is 2.08. The second-order valence-corrected chi connectivity index (χ2v) is 6.23. The van der Waals surface area contributed by atoms with Crippen LogP contribution < -0.4 is 15.5 Å². The van der Waals surface area contributed by atoms with Crippen LogP contribution in [-0.2, 0) is 0 Å². The third-order valence-electron chi connectivity index (χ3n) is 3.98. The van der Waals surface area contributed by atoms with E-state index in [0.29, 0.717) is 12.5 Å². The van der Waals surface area contributed by atoms with E-state index in [1.807, 2.05) is 36.4 Å². The van der Waals surface area contributed by atoms with Crippen molar-refractivity contribution in [1.82, 2.24) is 5.32 Å². The number of nitrogens with one attached hydrogen (secondary N) is 2. The zero-order valence-corrected chi connectivity index (χ0v) is 14.8. The maximum atomic E-state index is 12.1. The highest BCUT2D eigenvalue weighted by molar-refractivity contribution is 5.90. The zero-order valence-electron chi connectivity index (χ0n) is 14.8. The van der Waals surface area contributed by atoms with Crippen LogP contribution in [0.3, 0.4) is 0 Å². The van der Waals surface area contributed by atoms with E-state index < -0.39 is 0 Å². The number of para-hydroxylation sites is 2. The van der Waals surface area contributed by atoms with E-state index in [2.05, 4.69) is 54.6 Å². The van der Waals surface area contributed by atoms with Gasteiger partial charge in [0.1, 0.15) is 0 Å². The van der Waals surface area contributed by atoms with Gasteiger partial charge in [0.05, 0.1) is 0 Å². The summed E-state index contributed by atoms with van der Waals surface area (Å²) in [6, 6.07) is 18.0. The molecule has 4 heteroatoms. The Morgan fingerprint density at radius 1 is 1.04 bits per heavy atom. The molecule has 2 aromatic rings. The van der Waals surface area contributed by atoms with E-state index in [-0.39, 0.29) is 6.03 Å². The fourth-order valence-electron chi connectivity index (χ4n) is 2.61. The first-order chi connectivity index (χ1) is 11.6. The van der Waals surface area contributed by atoms with E-state index >= 15 is 0 Å². The molecule has 0 aromatic heterocycles. The van der Waals surface area contributed by atoms with Crippen molar-refractivity contribution in [3.05, 3.63) is 60.2 Å². The molecule has 2 N–H and O–H groups in total. The van der Waals surface area contributed by atoms with E-state index in [1.165, 1.54) is 5.69 Å². The summed E-state index contributed by atoms with van der Waals surface area (Å²) in [6.45, 7) is 5.79. The second kappa shape index (κ2) is 8.96. The van der Waals surface area contributed by atoms with Crippen molar-refractivity contribution in [1.29, 1.82) is 0 Å².